The summed E-state index contributed by atoms with van der Waals surface area (Å²) in [6.07, 6.45) is -1.18. The predicted molar refractivity (Wildman–Crippen MR) is 122 cm³/mol. The van der Waals surface area contributed by atoms with E-state index in [1.807, 2.05) is 30.3 Å². The van der Waals surface area contributed by atoms with Gasteiger partial charge in [-0.05, 0) is 48.9 Å². The van der Waals surface area contributed by atoms with Gasteiger partial charge in [-0.25, -0.2) is 4.68 Å². The maximum atomic E-state index is 12.7. The third-order valence-corrected chi connectivity index (χ3v) is 6.09. The summed E-state index contributed by atoms with van der Waals surface area (Å²) in [6.45, 7) is 5.78. The van der Waals surface area contributed by atoms with Gasteiger partial charge < -0.3 is 19.5 Å². The Morgan fingerprint density at radius 2 is 1.94 bits per heavy atom. The summed E-state index contributed by atoms with van der Waals surface area (Å²) >= 11 is -1.61. The van der Waals surface area contributed by atoms with Crippen molar-refractivity contribution < 1.29 is 19.5 Å². The Hall–Kier alpha value is -2.95. The Kier molecular flexibility index (Phi) is 7.49. The number of aliphatic hydroxyl groups excluding tert-OH is 1. The van der Waals surface area contributed by atoms with Crippen LogP contribution in [0, 0.1) is 0 Å². The molecule has 32 heavy (non-hydrogen) atoms. The van der Waals surface area contributed by atoms with E-state index in [2.05, 4.69) is 19.9 Å². The molecule has 1 aromatic heterocycles. The number of aliphatic hydroxyl groups is 1. The fourth-order valence-corrected chi connectivity index (χ4v) is 3.56. The zero-order valence-corrected chi connectivity index (χ0v) is 19.3. The van der Waals surface area contributed by atoms with Crippen LogP contribution in [0.1, 0.15) is 50.2 Å². The van der Waals surface area contributed by atoms with E-state index in [9.17, 15) is 14.8 Å². The molecule has 0 fully saturated rings. The van der Waals surface area contributed by atoms with Crippen LogP contribution in [0.15, 0.2) is 52.9 Å². The molecule has 2 aromatic carbocycles. The van der Waals surface area contributed by atoms with Crippen LogP contribution in [0.25, 0.3) is 0 Å². The number of hydrogen-bond acceptors (Lipinski definition) is 8. The second-order valence-corrected chi connectivity index (χ2v) is 10.1. The number of benzene rings is 2. The lowest BCUT2D eigenvalue weighted by Crippen LogP contribution is -2.27. The smallest absolute Gasteiger partial charge is 0.180 e. The highest BCUT2D eigenvalue weighted by Crippen LogP contribution is 2.29. The van der Waals surface area contributed by atoms with Gasteiger partial charge in [0.05, 0.1) is 13.7 Å². The van der Waals surface area contributed by atoms with Gasteiger partial charge in [0.2, 0.25) is 0 Å². The normalized spacial score (nSPS) is 14.2. The van der Waals surface area contributed by atoms with E-state index >= 15 is 0 Å². The molecule has 2 N–H and O–H groups in total. The third-order valence-electron chi connectivity index (χ3n) is 4.65. The van der Waals surface area contributed by atoms with Crippen molar-refractivity contribution in [2.45, 2.75) is 44.6 Å². The molecule has 2 atom stereocenters. The maximum Gasteiger partial charge on any atom is 0.180 e. The van der Waals surface area contributed by atoms with Crippen molar-refractivity contribution in [1.29, 1.82) is 0 Å². The fraction of sp³-hybridized carbons (Fsp3) is 0.364. The molecule has 2 unspecified atom stereocenters. The molecule has 0 radical (unpaired) electrons. The lowest BCUT2D eigenvalue weighted by atomic mass is 10.0. The molecule has 9 nitrogen and oxygen atoms in total. The number of ether oxygens (including phenoxy) is 1. The summed E-state index contributed by atoms with van der Waals surface area (Å²) in [6, 6.07) is 14.3. The molecule has 0 spiro atoms. The number of nitrogens with zero attached hydrogens (tertiary/aromatic N) is 5. The predicted octanol–water partition coefficient (Wildman–Crippen LogP) is 2.81. The number of phenolic OH excluding ortho intramolecular Hbond substituents is 1. The summed E-state index contributed by atoms with van der Waals surface area (Å²) < 4.78 is 23.1. The van der Waals surface area contributed by atoms with Crippen LogP contribution in [0.4, 0.5) is 0 Å². The van der Waals surface area contributed by atoms with Gasteiger partial charge in [-0.3, -0.25) is 0 Å². The van der Waals surface area contributed by atoms with E-state index in [1.54, 1.807) is 32.9 Å². The minimum Gasteiger partial charge on any atom is -0.591 e. The molecular weight excluding hydrogens is 430 g/mol. The molecule has 0 bridgehead atoms. The van der Waals surface area contributed by atoms with Gasteiger partial charge in [0.25, 0.3) is 0 Å². The Morgan fingerprint density at radius 3 is 2.56 bits per heavy atom. The SMILES string of the molecule is COc1ccc(C(CC(O)c2nnnn2Cc2ccccc2)=N[S+]([O-])C(C)(C)C)c(O)c1. The van der Waals surface area contributed by atoms with Gasteiger partial charge in [0.1, 0.15) is 39.4 Å². The summed E-state index contributed by atoms with van der Waals surface area (Å²) in [5, 5.41) is 33.1. The zero-order valence-electron chi connectivity index (χ0n) is 18.5. The molecule has 0 amide bonds. The highest BCUT2D eigenvalue weighted by Gasteiger charge is 2.30. The number of methoxy groups -OCH3 is 1. The minimum absolute atomic E-state index is 0.0448. The first-order valence-corrected chi connectivity index (χ1v) is 11.1. The first-order chi connectivity index (χ1) is 15.2. The van der Waals surface area contributed by atoms with Gasteiger partial charge in [-0.15, -0.1) is 5.10 Å². The number of rotatable bonds is 8. The molecule has 170 valence electrons. The quantitative estimate of drug-likeness (QED) is 0.393. The first kappa shape index (κ1) is 23.7. The largest absolute Gasteiger partial charge is 0.591 e. The summed E-state index contributed by atoms with van der Waals surface area (Å²) in [7, 11) is 1.49. The van der Waals surface area contributed by atoms with E-state index in [-0.39, 0.29) is 23.7 Å². The average Bonchev–Trinajstić information content (AvgIpc) is 3.21. The lowest BCUT2D eigenvalue weighted by Gasteiger charge is -2.20. The molecule has 1 heterocycles. The fourth-order valence-electron chi connectivity index (χ4n) is 2.91. The highest BCUT2D eigenvalue weighted by atomic mass is 32.2. The number of aromatic hydroxyl groups is 1. The van der Waals surface area contributed by atoms with Crippen molar-refractivity contribution in [1.82, 2.24) is 20.2 Å². The van der Waals surface area contributed by atoms with Crippen molar-refractivity contribution in [3.8, 4) is 11.5 Å². The van der Waals surface area contributed by atoms with Crippen LogP contribution in [0.5, 0.6) is 11.5 Å². The van der Waals surface area contributed by atoms with Crippen LogP contribution in [0.2, 0.25) is 0 Å². The topological polar surface area (TPSA) is 129 Å². The van der Waals surface area contributed by atoms with E-state index in [1.165, 1.54) is 17.9 Å². The minimum atomic E-state index is -1.61. The molecule has 10 heteroatoms. The molecule has 0 saturated heterocycles. The van der Waals surface area contributed by atoms with Crippen LogP contribution in [0.3, 0.4) is 0 Å². The molecular formula is C22H27N5O4S. The standard InChI is InChI=1S/C22H27N5O4S/c1-22(2,3)32(30)24-18(17-11-10-16(31-4)12-19(17)28)13-20(29)21-23-25-26-27(21)14-15-8-6-5-7-9-15/h5-12,20,28-29H,13-14H2,1-4H3. The lowest BCUT2D eigenvalue weighted by molar-refractivity contribution is 0.170. The van der Waals surface area contributed by atoms with Crippen molar-refractivity contribution in [3.05, 3.63) is 65.5 Å². The van der Waals surface area contributed by atoms with Crippen molar-refractivity contribution >= 4 is 17.1 Å². The Balaban J connectivity index is 1.92. The van der Waals surface area contributed by atoms with E-state index in [4.69, 9.17) is 4.74 Å². The van der Waals surface area contributed by atoms with E-state index in [0.29, 0.717) is 17.9 Å². The number of phenols is 1. The Bertz CT molecular complexity index is 1070. The van der Waals surface area contributed by atoms with Crippen LogP contribution >= 0.6 is 0 Å². The summed E-state index contributed by atoms with van der Waals surface area (Å²) in [5.41, 5.74) is 1.61. The Morgan fingerprint density at radius 1 is 1.22 bits per heavy atom. The van der Waals surface area contributed by atoms with Gasteiger partial charge in [0, 0.05) is 18.1 Å². The Labute approximate surface area is 190 Å². The van der Waals surface area contributed by atoms with E-state index in [0.717, 1.165) is 5.56 Å². The van der Waals surface area contributed by atoms with Gasteiger partial charge in [-0.1, -0.05) is 34.7 Å². The van der Waals surface area contributed by atoms with E-state index < -0.39 is 22.2 Å². The van der Waals surface area contributed by atoms with Crippen LogP contribution in [-0.4, -0.2) is 52.5 Å². The van der Waals surface area contributed by atoms with Crippen molar-refractivity contribution in [2.75, 3.05) is 7.11 Å². The number of hydrogen-bond donors (Lipinski definition) is 2. The first-order valence-electron chi connectivity index (χ1n) is 10.0. The summed E-state index contributed by atoms with van der Waals surface area (Å²) in [5.74, 6) is 0.621. The second-order valence-electron chi connectivity index (χ2n) is 8.18. The molecule has 3 aromatic rings. The summed E-state index contributed by atoms with van der Waals surface area (Å²) in [4.78, 5) is 0. The highest BCUT2D eigenvalue weighted by molar-refractivity contribution is 7.91. The number of tetrazole rings is 1. The van der Waals surface area contributed by atoms with Crippen LogP contribution in [-0.2, 0) is 17.9 Å². The molecule has 3 rings (SSSR count). The second kappa shape index (κ2) is 10.1. The molecule has 0 saturated carbocycles. The molecule has 0 aliphatic carbocycles. The van der Waals surface area contributed by atoms with Gasteiger partial charge in [-0.2, -0.15) is 0 Å². The maximum absolute atomic E-state index is 12.7. The van der Waals surface area contributed by atoms with Gasteiger partial charge >= 0.3 is 0 Å². The van der Waals surface area contributed by atoms with Crippen LogP contribution < -0.4 is 4.74 Å². The van der Waals surface area contributed by atoms with Gasteiger partial charge in [0.15, 0.2) is 5.82 Å². The molecule has 0 aliphatic heterocycles. The zero-order chi connectivity index (χ0) is 23.3. The monoisotopic (exact) mass is 457 g/mol. The van der Waals surface area contributed by atoms with Crippen molar-refractivity contribution in [3.63, 3.8) is 0 Å². The number of aromatic nitrogens is 4. The molecule has 0 aliphatic rings. The third kappa shape index (κ3) is 5.84. The van der Waals surface area contributed by atoms with Crippen molar-refractivity contribution in [2.24, 2.45) is 4.40 Å². The average molecular weight is 458 g/mol.